The Labute approximate surface area is 138 Å². The highest BCUT2D eigenvalue weighted by Gasteiger charge is 2.08. The van der Waals surface area contributed by atoms with Gasteiger partial charge in [0.15, 0.2) is 0 Å². The van der Waals surface area contributed by atoms with Crippen LogP contribution in [0.1, 0.15) is 25.5 Å². The zero-order chi connectivity index (χ0) is 16.1. The molecule has 5 nitrogen and oxygen atoms in total. The predicted molar refractivity (Wildman–Crippen MR) is 91.0 cm³/mol. The van der Waals surface area contributed by atoms with Crippen molar-refractivity contribution < 1.29 is 9.53 Å². The first kappa shape index (κ1) is 16.3. The molecule has 0 aliphatic heterocycles. The molecule has 116 valence electrons. The molecule has 0 spiro atoms. The van der Waals surface area contributed by atoms with Crippen molar-refractivity contribution in [1.29, 1.82) is 0 Å². The maximum Gasteiger partial charge on any atom is 0.249 e. The van der Waals surface area contributed by atoms with Gasteiger partial charge in [0.2, 0.25) is 5.91 Å². The van der Waals surface area contributed by atoms with Crippen LogP contribution in [0.25, 0.3) is 6.08 Å². The van der Waals surface area contributed by atoms with Crippen LogP contribution in [0.5, 0.6) is 5.75 Å². The minimum Gasteiger partial charge on any atom is -0.496 e. The number of hydrogen-bond acceptors (Lipinski definition) is 3. The highest BCUT2D eigenvalue weighted by molar-refractivity contribution is 9.10. The van der Waals surface area contributed by atoms with Gasteiger partial charge in [0.05, 0.1) is 13.3 Å². The molecule has 22 heavy (non-hydrogen) atoms. The largest absolute Gasteiger partial charge is 0.496 e. The summed E-state index contributed by atoms with van der Waals surface area (Å²) >= 11 is 3.40. The van der Waals surface area contributed by atoms with Crippen molar-refractivity contribution in [2.45, 2.75) is 19.9 Å². The number of ether oxygens (including phenoxy) is 1. The summed E-state index contributed by atoms with van der Waals surface area (Å²) < 4.78 is 7.95. The third-order valence-corrected chi connectivity index (χ3v) is 3.51. The van der Waals surface area contributed by atoms with Crippen LogP contribution in [0.2, 0.25) is 0 Å². The minimum absolute atomic E-state index is 0.180. The lowest BCUT2D eigenvalue weighted by molar-refractivity contribution is -0.111. The molecule has 1 aromatic carbocycles. The van der Waals surface area contributed by atoms with Crippen molar-refractivity contribution in [3.63, 3.8) is 0 Å². The molecular weight excluding hydrogens is 346 g/mol. The monoisotopic (exact) mass is 363 g/mol. The molecule has 0 bridgehead atoms. The highest BCUT2D eigenvalue weighted by Crippen LogP contribution is 2.24. The molecule has 0 aliphatic carbocycles. The summed E-state index contributed by atoms with van der Waals surface area (Å²) in [5.41, 5.74) is 0.824. The molecular formula is C16H18BrN3O2. The topological polar surface area (TPSA) is 56.1 Å². The SMILES string of the molecule is COc1ccc(Br)cc1C=CC(=O)Nc1ccnn1C(C)C. The summed E-state index contributed by atoms with van der Waals surface area (Å²) in [6.07, 6.45) is 4.85. The van der Waals surface area contributed by atoms with E-state index in [1.165, 1.54) is 6.08 Å². The van der Waals surface area contributed by atoms with E-state index in [-0.39, 0.29) is 11.9 Å². The Hall–Kier alpha value is -2.08. The first-order valence-electron chi connectivity index (χ1n) is 6.87. The molecule has 1 heterocycles. The van der Waals surface area contributed by atoms with Crippen LogP contribution in [-0.4, -0.2) is 22.8 Å². The van der Waals surface area contributed by atoms with Crippen LogP contribution in [0.3, 0.4) is 0 Å². The fraction of sp³-hybridized carbons (Fsp3) is 0.250. The number of nitrogens with zero attached hydrogens (tertiary/aromatic N) is 2. The van der Waals surface area contributed by atoms with E-state index in [0.717, 1.165) is 10.0 Å². The second-order valence-corrected chi connectivity index (χ2v) is 5.88. The van der Waals surface area contributed by atoms with Gasteiger partial charge in [0.25, 0.3) is 0 Å². The zero-order valence-electron chi connectivity index (χ0n) is 12.7. The molecule has 0 atom stereocenters. The van der Waals surface area contributed by atoms with Gasteiger partial charge in [0, 0.05) is 28.2 Å². The van der Waals surface area contributed by atoms with Gasteiger partial charge >= 0.3 is 0 Å². The molecule has 0 saturated carbocycles. The lowest BCUT2D eigenvalue weighted by Crippen LogP contribution is -2.14. The smallest absolute Gasteiger partial charge is 0.249 e. The molecule has 2 aromatic rings. The number of anilines is 1. The van der Waals surface area contributed by atoms with E-state index in [9.17, 15) is 4.79 Å². The average molecular weight is 364 g/mol. The van der Waals surface area contributed by atoms with Crippen LogP contribution in [0, 0.1) is 0 Å². The Kier molecular flexibility index (Phi) is 5.38. The Morgan fingerprint density at radius 1 is 1.41 bits per heavy atom. The van der Waals surface area contributed by atoms with Crippen molar-refractivity contribution in [2.24, 2.45) is 0 Å². The van der Waals surface area contributed by atoms with Gasteiger partial charge in [0.1, 0.15) is 11.6 Å². The lowest BCUT2D eigenvalue weighted by atomic mass is 10.2. The first-order valence-corrected chi connectivity index (χ1v) is 7.66. The maximum atomic E-state index is 12.1. The van der Waals surface area contributed by atoms with Crippen molar-refractivity contribution in [3.8, 4) is 5.75 Å². The highest BCUT2D eigenvalue weighted by atomic mass is 79.9. The number of methoxy groups -OCH3 is 1. The summed E-state index contributed by atoms with van der Waals surface area (Å²) in [5.74, 6) is 1.16. The second kappa shape index (κ2) is 7.26. The van der Waals surface area contributed by atoms with E-state index in [0.29, 0.717) is 11.6 Å². The predicted octanol–water partition coefficient (Wildman–Crippen LogP) is 3.89. The molecule has 1 N–H and O–H groups in total. The van der Waals surface area contributed by atoms with Crippen molar-refractivity contribution in [1.82, 2.24) is 9.78 Å². The summed E-state index contributed by atoms with van der Waals surface area (Å²) in [7, 11) is 1.60. The Morgan fingerprint density at radius 3 is 2.86 bits per heavy atom. The Morgan fingerprint density at radius 2 is 2.18 bits per heavy atom. The molecule has 0 radical (unpaired) electrons. The minimum atomic E-state index is -0.218. The quantitative estimate of drug-likeness (QED) is 0.819. The molecule has 1 aromatic heterocycles. The number of carbonyl (C=O) groups excluding carboxylic acids is 1. The van der Waals surface area contributed by atoms with Crippen LogP contribution < -0.4 is 10.1 Å². The van der Waals surface area contributed by atoms with E-state index in [2.05, 4.69) is 26.3 Å². The number of amides is 1. The van der Waals surface area contributed by atoms with Gasteiger partial charge in [-0.25, -0.2) is 4.68 Å². The van der Waals surface area contributed by atoms with Gasteiger partial charge in [-0.2, -0.15) is 5.10 Å². The summed E-state index contributed by atoms with van der Waals surface area (Å²) in [6.45, 7) is 4.01. The number of carbonyl (C=O) groups is 1. The van der Waals surface area contributed by atoms with Gasteiger partial charge < -0.3 is 10.1 Å². The standard InChI is InChI=1S/C16H18BrN3O2/c1-11(2)20-15(8-9-18-20)19-16(21)7-4-12-10-13(17)5-6-14(12)22-3/h4-11H,1-3H3,(H,19,21). The van der Waals surface area contributed by atoms with Gasteiger partial charge in [-0.15, -0.1) is 0 Å². The summed E-state index contributed by atoms with van der Waals surface area (Å²) in [6, 6.07) is 7.57. The number of benzene rings is 1. The van der Waals surface area contributed by atoms with Gasteiger partial charge in [-0.05, 0) is 38.1 Å². The van der Waals surface area contributed by atoms with Crippen LogP contribution >= 0.6 is 15.9 Å². The number of nitrogens with one attached hydrogen (secondary N) is 1. The Balaban J connectivity index is 2.12. The number of aromatic nitrogens is 2. The first-order chi connectivity index (χ1) is 10.5. The molecule has 6 heteroatoms. The lowest BCUT2D eigenvalue weighted by Gasteiger charge is -2.10. The number of rotatable bonds is 5. The van der Waals surface area contributed by atoms with Crippen LogP contribution in [0.4, 0.5) is 5.82 Å². The second-order valence-electron chi connectivity index (χ2n) is 4.96. The normalized spacial score (nSPS) is 11.1. The van der Waals surface area contributed by atoms with E-state index in [4.69, 9.17) is 4.74 Å². The van der Waals surface area contributed by atoms with Crippen molar-refractivity contribution in [2.75, 3.05) is 12.4 Å². The molecule has 0 fully saturated rings. The molecule has 0 saturated heterocycles. The maximum absolute atomic E-state index is 12.1. The molecule has 2 rings (SSSR count). The molecule has 0 unspecified atom stereocenters. The zero-order valence-corrected chi connectivity index (χ0v) is 14.3. The fourth-order valence-corrected chi connectivity index (χ4v) is 2.37. The fourth-order valence-electron chi connectivity index (χ4n) is 1.99. The van der Waals surface area contributed by atoms with Crippen LogP contribution in [0.15, 0.2) is 41.0 Å². The number of halogens is 1. The van der Waals surface area contributed by atoms with Crippen LogP contribution in [-0.2, 0) is 4.79 Å². The van der Waals surface area contributed by atoms with Crippen molar-refractivity contribution >= 4 is 33.7 Å². The van der Waals surface area contributed by atoms with E-state index in [1.54, 1.807) is 30.1 Å². The van der Waals surface area contributed by atoms with Gasteiger partial charge in [-0.1, -0.05) is 15.9 Å². The number of hydrogen-bond donors (Lipinski definition) is 1. The van der Waals surface area contributed by atoms with E-state index in [1.807, 2.05) is 32.0 Å². The summed E-state index contributed by atoms with van der Waals surface area (Å²) in [4.78, 5) is 12.1. The average Bonchev–Trinajstić information content (AvgIpc) is 2.93. The summed E-state index contributed by atoms with van der Waals surface area (Å²) in [5, 5.41) is 6.99. The molecule has 0 aliphatic rings. The third kappa shape index (κ3) is 3.98. The van der Waals surface area contributed by atoms with E-state index >= 15 is 0 Å². The van der Waals surface area contributed by atoms with Gasteiger partial charge in [-0.3, -0.25) is 4.79 Å². The van der Waals surface area contributed by atoms with E-state index < -0.39 is 0 Å². The Bertz CT molecular complexity index is 692. The molecule has 1 amide bonds. The third-order valence-electron chi connectivity index (χ3n) is 3.02. The van der Waals surface area contributed by atoms with Crippen molar-refractivity contribution in [3.05, 3.63) is 46.6 Å².